The molecule has 13 rings (SSSR count). The molecule has 0 unspecified atom stereocenters. The van der Waals surface area contributed by atoms with E-state index in [9.17, 15) is 0 Å². The third-order valence-electron chi connectivity index (χ3n) is 15.7. The van der Waals surface area contributed by atoms with Crippen molar-refractivity contribution in [1.82, 2.24) is 0 Å². The maximum absolute atomic E-state index is 2.57. The maximum Gasteiger partial charge on any atom is 0.0210 e. The molecule has 0 bridgehead atoms. The fraction of sp³-hybridized carbons (Fsp3) is 0.121. The van der Waals surface area contributed by atoms with Gasteiger partial charge in [0.25, 0.3) is 0 Å². The third-order valence-corrected chi connectivity index (χ3v) is 15.7. The monoisotopic (exact) mass is 842 g/mol. The van der Waals surface area contributed by atoms with Gasteiger partial charge in [0.2, 0.25) is 0 Å². The molecule has 0 fully saturated rings. The second kappa shape index (κ2) is 14.7. The quantitative estimate of drug-likeness (QED) is 0.116. The predicted molar refractivity (Wildman–Crippen MR) is 286 cm³/mol. The minimum Gasteiger partial charge on any atom is -0.0642 e. The fourth-order valence-electron chi connectivity index (χ4n) is 12.7. The molecule has 0 saturated carbocycles. The number of rotatable bonds is 6. The van der Waals surface area contributed by atoms with Gasteiger partial charge in [-0.05, 0) is 174 Å². The lowest BCUT2D eigenvalue weighted by Crippen LogP contribution is -2.23. The summed E-state index contributed by atoms with van der Waals surface area (Å²) in [4.78, 5) is 0. The molecule has 0 aliphatic heterocycles. The van der Waals surface area contributed by atoms with E-state index in [1.165, 1.54) is 137 Å². The third kappa shape index (κ3) is 5.39. The highest BCUT2D eigenvalue weighted by atomic mass is 14.4. The first-order valence-electron chi connectivity index (χ1n) is 24.0. The molecule has 1 aliphatic rings. The normalized spacial score (nSPS) is 13.2. The molecule has 12 aromatic rings. The zero-order valence-electron chi connectivity index (χ0n) is 38.0. The van der Waals surface area contributed by atoms with Crippen LogP contribution in [0.25, 0.3) is 120 Å². The topological polar surface area (TPSA) is 0 Å². The lowest BCUT2D eigenvalue weighted by molar-refractivity contribution is 0.491. The summed E-state index contributed by atoms with van der Waals surface area (Å²) in [5.41, 5.74) is 14.7. The highest BCUT2D eigenvalue weighted by Crippen LogP contribution is 2.56. The van der Waals surface area contributed by atoms with E-state index in [0.717, 1.165) is 12.8 Å². The van der Waals surface area contributed by atoms with Gasteiger partial charge in [0.15, 0.2) is 0 Å². The minimum atomic E-state index is -0.0562. The summed E-state index contributed by atoms with van der Waals surface area (Å²) in [6.07, 6.45) is 2.10. The van der Waals surface area contributed by atoms with Gasteiger partial charge in [0.05, 0.1) is 0 Å². The van der Waals surface area contributed by atoms with E-state index >= 15 is 0 Å². The molecule has 1 aliphatic carbocycles. The Morgan fingerprint density at radius 3 is 1.03 bits per heavy atom. The summed E-state index contributed by atoms with van der Waals surface area (Å²) in [5.74, 6) is 0.414. The van der Waals surface area contributed by atoms with Gasteiger partial charge in [-0.2, -0.15) is 0 Å². The van der Waals surface area contributed by atoms with Crippen molar-refractivity contribution < 1.29 is 0 Å². The van der Waals surface area contributed by atoms with Crippen LogP contribution in [0.4, 0.5) is 0 Å². The Labute approximate surface area is 386 Å². The smallest absolute Gasteiger partial charge is 0.0210 e. The molecule has 0 atom stereocenters. The van der Waals surface area contributed by atoms with Gasteiger partial charge in [-0.25, -0.2) is 0 Å². The lowest BCUT2D eigenvalue weighted by atomic mass is 9.73. The van der Waals surface area contributed by atoms with Crippen molar-refractivity contribution in [3.05, 3.63) is 217 Å². The van der Waals surface area contributed by atoms with Gasteiger partial charge < -0.3 is 0 Å². The average Bonchev–Trinajstić information content (AvgIpc) is 3.64. The second-order valence-electron chi connectivity index (χ2n) is 19.0. The Kier molecular flexibility index (Phi) is 8.69. The Bertz CT molecular complexity index is 3860. The molecule has 0 amide bonds. The van der Waals surface area contributed by atoms with E-state index in [4.69, 9.17) is 0 Å². The van der Waals surface area contributed by atoms with Crippen LogP contribution in [-0.2, 0) is 5.41 Å². The first-order valence-corrected chi connectivity index (χ1v) is 24.0. The summed E-state index contributed by atoms with van der Waals surface area (Å²) in [5, 5.41) is 18.4. The Morgan fingerprint density at radius 2 is 0.621 bits per heavy atom. The Morgan fingerprint density at radius 1 is 0.303 bits per heavy atom. The molecule has 0 N–H and O–H groups in total. The van der Waals surface area contributed by atoms with Crippen LogP contribution in [0.2, 0.25) is 0 Å². The fourth-order valence-corrected chi connectivity index (χ4v) is 12.7. The average molecular weight is 843 g/mol. The summed E-state index contributed by atoms with van der Waals surface area (Å²) < 4.78 is 0. The summed E-state index contributed by atoms with van der Waals surface area (Å²) in [7, 11) is 0. The molecular weight excluding hydrogens is 793 g/mol. The van der Waals surface area contributed by atoms with Gasteiger partial charge in [-0.15, -0.1) is 0 Å². The standard InChI is InChI=1S/C66H50/c1-5-66(6-2)60-36-35-43(37-58(60)59-38-56-46-21-9-7-19-44(46)45-20-8-10-22-47(45)57(56)39-61(59)66)65-54-29-17-15-27-52(54)64(53-28-16-18-30-55(53)65)42-33-31-41(32-34-42)63-50-25-13-11-23-48(50)62(40(3)4)49-24-12-14-26-51(49)63/h7-40H,5-6H2,1-4H3. The Hall–Kier alpha value is -7.54. The molecule has 0 heterocycles. The highest BCUT2D eigenvalue weighted by molar-refractivity contribution is 6.27. The summed E-state index contributed by atoms with van der Waals surface area (Å²) in [6, 6.07) is 76.2. The zero-order chi connectivity index (χ0) is 44.3. The van der Waals surface area contributed by atoms with E-state index in [2.05, 4.69) is 228 Å². The van der Waals surface area contributed by atoms with Crippen LogP contribution in [0.3, 0.4) is 0 Å². The molecule has 12 aromatic carbocycles. The predicted octanol–water partition coefficient (Wildman–Crippen LogP) is 19.0. The molecule has 0 saturated heterocycles. The molecule has 0 nitrogen and oxygen atoms in total. The van der Waals surface area contributed by atoms with Crippen molar-refractivity contribution in [2.24, 2.45) is 0 Å². The van der Waals surface area contributed by atoms with E-state index in [1.54, 1.807) is 0 Å². The zero-order valence-corrected chi connectivity index (χ0v) is 38.0. The van der Waals surface area contributed by atoms with Crippen molar-refractivity contribution >= 4 is 75.4 Å². The molecule has 0 heteroatoms. The molecular formula is C66H50. The van der Waals surface area contributed by atoms with Gasteiger partial charge in [0.1, 0.15) is 0 Å². The molecule has 0 aromatic heterocycles. The molecule has 0 radical (unpaired) electrons. The van der Waals surface area contributed by atoms with Crippen molar-refractivity contribution in [3.8, 4) is 44.5 Å². The van der Waals surface area contributed by atoms with E-state index in [-0.39, 0.29) is 5.41 Å². The molecule has 0 spiro atoms. The minimum absolute atomic E-state index is 0.0562. The van der Waals surface area contributed by atoms with Crippen molar-refractivity contribution in [2.45, 2.75) is 51.9 Å². The first-order chi connectivity index (χ1) is 32.5. The highest BCUT2D eigenvalue weighted by Gasteiger charge is 2.41. The van der Waals surface area contributed by atoms with Gasteiger partial charge >= 0.3 is 0 Å². The van der Waals surface area contributed by atoms with Gasteiger partial charge in [0, 0.05) is 5.41 Å². The molecule has 66 heavy (non-hydrogen) atoms. The van der Waals surface area contributed by atoms with Crippen LogP contribution in [0.1, 0.15) is 63.1 Å². The summed E-state index contributed by atoms with van der Waals surface area (Å²) >= 11 is 0. The van der Waals surface area contributed by atoms with Crippen LogP contribution < -0.4 is 0 Å². The Balaban J connectivity index is 1.01. The van der Waals surface area contributed by atoms with E-state index < -0.39 is 0 Å². The number of fused-ring (bicyclic) bond motifs is 13. The largest absolute Gasteiger partial charge is 0.0642 e. The van der Waals surface area contributed by atoms with Crippen LogP contribution in [0.15, 0.2) is 200 Å². The first kappa shape index (κ1) is 38.9. The van der Waals surface area contributed by atoms with Crippen LogP contribution in [-0.4, -0.2) is 0 Å². The van der Waals surface area contributed by atoms with Crippen LogP contribution in [0, 0.1) is 0 Å². The van der Waals surface area contributed by atoms with Crippen LogP contribution >= 0.6 is 0 Å². The van der Waals surface area contributed by atoms with Crippen LogP contribution in [0.5, 0.6) is 0 Å². The SMILES string of the molecule is CCC1(CC)c2ccc(-c3c4ccccc4c(-c4ccc(-c5c6ccccc6c(C(C)C)c6ccccc56)cc4)c4ccccc34)cc2-c2cc3c4ccccc4c4ccccc4c3cc21. The number of benzene rings is 12. The van der Waals surface area contributed by atoms with Gasteiger partial charge in [-0.3, -0.25) is 0 Å². The van der Waals surface area contributed by atoms with Crippen molar-refractivity contribution in [1.29, 1.82) is 0 Å². The maximum atomic E-state index is 2.57. The number of hydrogen-bond donors (Lipinski definition) is 0. The van der Waals surface area contributed by atoms with E-state index in [1.807, 2.05) is 0 Å². The molecule has 314 valence electrons. The van der Waals surface area contributed by atoms with E-state index in [0.29, 0.717) is 5.92 Å². The summed E-state index contributed by atoms with van der Waals surface area (Å²) in [6.45, 7) is 9.41. The second-order valence-corrected chi connectivity index (χ2v) is 19.0. The lowest BCUT2D eigenvalue weighted by Gasteiger charge is -2.30. The van der Waals surface area contributed by atoms with Crippen molar-refractivity contribution in [3.63, 3.8) is 0 Å². The van der Waals surface area contributed by atoms with Crippen molar-refractivity contribution in [2.75, 3.05) is 0 Å². The van der Waals surface area contributed by atoms with Gasteiger partial charge in [-0.1, -0.05) is 210 Å². The number of hydrogen-bond acceptors (Lipinski definition) is 0.